The first kappa shape index (κ1) is 14.6. The van der Waals surface area contributed by atoms with Crippen LogP contribution >= 0.6 is 31.9 Å². The van der Waals surface area contributed by atoms with Gasteiger partial charge in [0.1, 0.15) is 5.82 Å². The van der Waals surface area contributed by atoms with E-state index in [2.05, 4.69) is 42.2 Å². The minimum atomic E-state index is -0.327. The summed E-state index contributed by atoms with van der Waals surface area (Å²) in [5.74, 6) is -0.327. The highest BCUT2D eigenvalue weighted by Crippen LogP contribution is 2.31. The van der Waals surface area contributed by atoms with Crippen LogP contribution in [-0.4, -0.2) is 11.5 Å². The zero-order chi connectivity index (χ0) is 13.8. The van der Waals surface area contributed by atoms with Crippen LogP contribution in [0.5, 0.6) is 0 Å². The molecule has 0 saturated carbocycles. The molecule has 1 unspecified atom stereocenters. The van der Waals surface area contributed by atoms with Gasteiger partial charge in [0, 0.05) is 15.1 Å². The van der Waals surface area contributed by atoms with Crippen LogP contribution in [-0.2, 0) is 0 Å². The second-order valence-electron chi connectivity index (χ2n) is 4.09. The summed E-state index contributed by atoms with van der Waals surface area (Å²) in [5.41, 5.74) is 1.85. The molecule has 100 valence electrons. The first-order valence-electron chi connectivity index (χ1n) is 5.90. The molecule has 0 bridgehead atoms. The van der Waals surface area contributed by atoms with Crippen molar-refractivity contribution in [2.45, 2.75) is 13.0 Å². The van der Waals surface area contributed by atoms with E-state index in [0.29, 0.717) is 0 Å². The highest BCUT2D eigenvalue weighted by Gasteiger charge is 2.17. The fraction of sp³-hybridized carbons (Fsp3) is 0.214. The third-order valence-corrected chi connectivity index (χ3v) is 3.95. The van der Waals surface area contributed by atoms with E-state index in [1.165, 1.54) is 12.3 Å². The molecule has 0 saturated heterocycles. The summed E-state index contributed by atoms with van der Waals surface area (Å²) in [5, 5.41) is 3.35. The molecule has 19 heavy (non-hydrogen) atoms. The van der Waals surface area contributed by atoms with Crippen LogP contribution in [0.25, 0.3) is 0 Å². The van der Waals surface area contributed by atoms with Crippen LogP contribution in [0.1, 0.15) is 24.1 Å². The highest BCUT2D eigenvalue weighted by atomic mass is 79.9. The molecule has 2 rings (SSSR count). The van der Waals surface area contributed by atoms with Crippen LogP contribution in [0.4, 0.5) is 4.39 Å². The third-order valence-electron chi connectivity index (χ3n) is 2.74. The Morgan fingerprint density at radius 2 is 2.05 bits per heavy atom. The summed E-state index contributed by atoms with van der Waals surface area (Å²) in [4.78, 5) is 3.92. The molecule has 1 aromatic heterocycles. The minimum Gasteiger partial charge on any atom is -0.306 e. The lowest BCUT2D eigenvalue weighted by molar-refractivity contribution is 0.595. The number of hydrogen-bond donors (Lipinski definition) is 1. The lowest BCUT2D eigenvalue weighted by Gasteiger charge is -2.20. The molecular formula is C14H13Br2FN2. The number of nitrogens with zero attached hydrogens (tertiary/aromatic N) is 1. The molecule has 2 nitrogen and oxygen atoms in total. The molecule has 0 aliphatic rings. The first-order valence-corrected chi connectivity index (χ1v) is 7.49. The van der Waals surface area contributed by atoms with E-state index in [4.69, 9.17) is 0 Å². The van der Waals surface area contributed by atoms with Crippen molar-refractivity contribution in [2.75, 3.05) is 6.54 Å². The van der Waals surface area contributed by atoms with Gasteiger partial charge in [0.15, 0.2) is 0 Å². The maximum atomic E-state index is 13.4. The second-order valence-corrected chi connectivity index (χ2v) is 5.86. The lowest BCUT2D eigenvalue weighted by Crippen LogP contribution is -2.22. The van der Waals surface area contributed by atoms with Crippen LogP contribution in [0.15, 0.2) is 45.6 Å². The Kier molecular flexibility index (Phi) is 5.07. The van der Waals surface area contributed by atoms with Crippen molar-refractivity contribution in [3.63, 3.8) is 0 Å². The summed E-state index contributed by atoms with van der Waals surface area (Å²) in [6.07, 6.45) is 2.90. The number of pyridine rings is 1. The molecule has 2 aromatic rings. The highest BCUT2D eigenvalue weighted by molar-refractivity contribution is 9.11. The molecule has 1 heterocycles. The summed E-state index contributed by atoms with van der Waals surface area (Å²) in [6.45, 7) is 2.80. The predicted octanol–water partition coefficient (Wildman–Crippen LogP) is 4.44. The Hall–Kier alpha value is -0.780. The largest absolute Gasteiger partial charge is 0.306 e. The standard InChI is InChI=1S/C14H13Br2FN2/c1-2-19-14(9-5-11(17)8-18-7-9)12-6-10(15)3-4-13(12)16/h3-8,14,19H,2H2,1H3. The average molecular weight is 388 g/mol. The van der Waals surface area contributed by atoms with E-state index in [9.17, 15) is 4.39 Å². The Bertz CT molecular complexity index is 575. The van der Waals surface area contributed by atoms with Crippen molar-refractivity contribution in [3.8, 4) is 0 Å². The molecule has 0 aliphatic carbocycles. The SMILES string of the molecule is CCNC(c1cncc(F)c1)c1cc(Br)ccc1Br. The minimum absolute atomic E-state index is 0.0972. The fourth-order valence-electron chi connectivity index (χ4n) is 1.93. The number of aromatic nitrogens is 1. The summed E-state index contributed by atoms with van der Waals surface area (Å²) < 4.78 is 15.3. The molecule has 0 aliphatic heterocycles. The molecule has 5 heteroatoms. The van der Waals surface area contributed by atoms with E-state index in [1.54, 1.807) is 6.20 Å². The van der Waals surface area contributed by atoms with Crippen molar-refractivity contribution in [3.05, 3.63) is 62.5 Å². The van der Waals surface area contributed by atoms with Gasteiger partial charge in [0.2, 0.25) is 0 Å². The van der Waals surface area contributed by atoms with E-state index in [0.717, 1.165) is 26.6 Å². The number of hydrogen-bond acceptors (Lipinski definition) is 2. The van der Waals surface area contributed by atoms with Gasteiger partial charge in [-0.25, -0.2) is 4.39 Å². The number of rotatable bonds is 4. The van der Waals surface area contributed by atoms with Crippen molar-refractivity contribution in [2.24, 2.45) is 0 Å². The quantitative estimate of drug-likeness (QED) is 0.838. The van der Waals surface area contributed by atoms with Gasteiger partial charge >= 0.3 is 0 Å². The Morgan fingerprint density at radius 3 is 2.74 bits per heavy atom. The monoisotopic (exact) mass is 386 g/mol. The predicted molar refractivity (Wildman–Crippen MR) is 81.6 cm³/mol. The third kappa shape index (κ3) is 3.61. The number of halogens is 3. The van der Waals surface area contributed by atoms with Crippen LogP contribution < -0.4 is 5.32 Å². The first-order chi connectivity index (χ1) is 9.11. The smallest absolute Gasteiger partial charge is 0.141 e. The molecule has 0 amide bonds. The van der Waals surface area contributed by atoms with Crippen LogP contribution in [0.2, 0.25) is 0 Å². The van der Waals surface area contributed by atoms with Crippen molar-refractivity contribution >= 4 is 31.9 Å². The van der Waals surface area contributed by atoms with Crippen molar-refractivity contribution < 1.29 is 4.39 Å². The van der Waals surface area contributed by atoms with Crippen molar-refractivity contribution in [1.82, 2.24) is 10.3 Å². The van der Waals surface area contributed by atoms with E-state index < -0.39 is 0 Å². The van der Waals surface area contributed by atoms with E-state index in [-0.39, 0.29) is 11.9 Å². The molecule has 0 radical (unpaired) electrons. The maximum Gasteiger partial charge on any atom is 0.141 e. The summed E-state index contributed by atoms with van der Waals surface area (Å²) in [6, 6.07) is 7.35. The van der Waals surface area contributed by atoms with Gasteiger partial charge in [0.25, 0.3) is 0 Å². The normalized spacial score (nSPS) is 12.4. The van der Waals surface area contributed by atoms with Crippen LogP contribution in [0, 0.1) is 5.82 Å². The van der Waals surface area contributed by atoms with Gasteiger partial charge in [-0.05, 0) is 41.9 Å². The molecule has 0 fully saturated rings. The van der Waals surface area contributed by atoms with Gasteiger partial charge in [-0.15, -0.1) is 0 Å². The molecule has 0 spiro atoms. The lowest BCUT2D eigenvalue weighted by atomic mass is 10.00. The Morgan fingerprint density at radius 1 is 1.26 bits per heavy atom. The van der Waals surface area contributed by atoms with Crippen molar-refractivity contribution in [1.29, 1.82) is 0 Å². The van der Waals surface area contributed by atoms with E-state index in [1.807, 2.05) is 25.1 Å². The number of nitrogens with one attached hydrogen (secondary N) is 1. The van der Waals surface area contributed by atoms with Gasteiger partial charge in [-0.2, -0.15) is 0 Å². The number of benzene rings is 1. The zero-order valence-electron chi connectivity index (χ0n) is 10.3. The molecule has 1 aromatic carbocycles. The summed E-state index contributed by atoms with van der Waals surface area (Å²) >= 11 is 7.01. The van der Waals surface area contributed by atoms with E-state index >= 15 is 0 Å². The maximum absolute atomic E-state index is 13.4. The zero-order valence-corrected chi connectivity index (χ0v) is 13.5. The molecular weight excluding hydrogens is 375 g/mol. The molecule has 1 atom stereocenters. The summed E-state index contributed by atoms with van der Waals surface area (Å²) in [7, 11) is 0. The van der Waals surface area contributed by atoms with Gasteiger partial charge in [0.05, 0.1) is 12.2 Å². The Balaban J connectivity index is 2.48. The van der Waals surface area contributed by atoms with Gasteiger partial charge in [-0.1, -0.05) is 38.8 Å². The van der Waals surface area contributed by atoms with Gasteiger partial charge in [-0.3, -0.25) is 4.98 Å². The van der Waals surface area contributed by atoms with Crippen LogP contribution in [0.3, 0.4) is 0 Å². The topological polar surface area (TPSA) is 24.9 Å². The Labute approximate surface area is 128 Å². The van der Waals surface area contributed by atoms with Gasteiger partial charge < -0.3 is 5.32 Å². The molecule has 1 N–H and O–H groups in total. The fourth-order valence-corrected chi connectivity index (χ4v) is 2.79. The second kappa shape index (κ2) is 6.59. The average Bonchev–Trinajstić information content (AvgIpc) is 2.39.